The van der Waals surface area contributed by atoms with E-state index in [0.29, 0.717) is 25.4 Å². The van der Waals surface area contributed by atoms with Gasteiger partial charge >= 0.3 is 12.1 Å². The van der Waals surface area contributed by atoms with Crippen LogP contribution in [0.5, 0.6) is 5.75 Å². The average molecular weight is 752 g/mol. The number of phenols is 1. The zero-order chi connectivity index (χ0) is 39.1. The van der Waals surface area contributed by atoms with Gasteiger partial charge in [0.1, 0.15) is 5.75 Å². The van der Waals surface area contributed by atoms with E-state index in [1.165, 1.54) is 45.2 Å². The zero-order valence-electron chi connectivity index (χ0n) is 31.6. The molecule has 3 aromatic rings. The summed E-state index contributed by atoms with van der Waals surface area (Å²) in [7, 11) is 0. The molecule has 5 rings (SSSR count). The molecule has 0 atom stereocenters. The Morgan fingerprint density at radius 1 is 0.852 bits per heavy atom. The lowest BCUT2D eigenvalue weighted by Crippen LogP contribution is -2.38. The molecule has 8 nitrogen and oxygen atoms in total. The molecule has 0 radical (unpaired) electrons. The van der Waals surface area contributed by atoms with Gasteiger partial charge in [-0.25, -0.2) is 4.79 Å². The number of carboxylic acids is 1. The summed E-state index contributed by atoms with van der Waals surface area (Å²) >= 11 is 0. The SMILES string of the molecule is CC(C)CCC(=O)N(CCc1ccc(O)cc1)Cc1cccc(-c2cccc(C(=O)N3CCC(CCCC4CCNCC4)CC3)c2)c1.O=C(O)C(F)(F)F. The molecule has 2 aliphatic heterocycles. The number of piperidine rings is 2. The van der Waals surface area contributed by atoms with Crippen molar-refractivity contribution in [2.24, 2.45) is 17.8 Å². The third-order valence-corrected chi connectivity index (χ3v) is 10.5. The van der Waals surface area contributed by atoms with Gasteiger partial charge in [0, 0.05) is 38.2 Å². The lowest BCUT2D eigenvalue weighted by molar-refractivity contribution is -0.192. The number of carbonyl (C=O) groups excluding carboxylic acids is 2. The summed E-state index contributed by atoms with van der Waals surface area (Å²) in [5.41, 5.74) is 4.99. The van der Waals surface area contributed by atoms with Crippen molar-refractivity contribution in [2.75, 3.05) is 32.7 Å². The van der Waals surface area contributed by atoms with E-state index in [-0.39, 0.29) is 17.6 Å². The van der Waals surface area contributed by atoms with Crippen molar-refractivity contribution in [3.63, 3.8) is 0 Å². The van der Waals surface area contributed by atoms with Gasteiger partial charge in [-0.3, -0.25) is 9.59 Å². The van der Waals surface area contributed by atoms with E-state index in [1.54, 1.807) is 12.1 Å². The van der Waals surface area contributed by atoms with Gasteiger partial charge < -0.3 is 25.3 Å². The van der Waals surface area contributed by atoms with Crippen molar-refractivity contribution in [3.05, 3.63) is 89.5 Å². The molecule has 294 valence electrons. The first-order valence-corrected chi connectivity index (χ1v) is 19.3. The van der Waals surface area contributed by atoms with Crippen LogP contribution in [0.3, 0.4) is 0 Å². The Morgan fingerprint density at radius 3 is 2.06 bits per heavy atom. The second-order valence-electron chi connectivity index (χ2n) is 15.1. The van der Waals surface area contributed by atoms with Gasteiger partial charge in [-0.2, -0.15) is 13.2 Å². The van der Waals surface area contributed by atoms with Gasteiger partial charge in [0.15, 0.2) is 0 Å². The molecule has 3 N–H and O–H groups in total. The smallest absolute Gasteiger partial charge is 0.490 e. The number of nitrogens with zero attached hydrogens (tertiary/aromatic N) is 2. The second kappa shape index (κ2) is 20.9. The van der Waals surface area contributed by atoms with Gasteiger partial charge in [-0.15, -0.1) is 0 Å². The van der Waals surface area contributed by atoms with Crippen LogP contribution in [0.2, 0.25) is 0 Å². The van der Waals surface area contributed by atoms with E-state index in [1.807, 2.05) is 46.2 Å². The number of rotatable bonds is 14. The van der Waals surface area contributed by atoms with Crippen molar-refractivity contribution < 1.29 is 37.8 Å². The Balaban J connectivity index is 0.000000845. The Kier molecular flexibility index (Phi) is 16.4. The molecule has 0 bridgehead atoms. The van der Waals surface area contributed by atoms with E-state index in [9.17, 15) is 27.9 Å². The summed E-state index contributed by atoms with van der Waals surface area (Å²) in [6.45, 7) is 9.51. The predicted octanol–water partition coefficient (Wildman–Crippen LogP) is 8.72. The number of carbonyl (C=O) groups is 3. The molecule has 0 unspecified atom stereocenters. The third kappa shape index (κ3) is 14.1. The molecule has 2 fully saturated rings. The van der Waals surface area contributed by atoms with Crippen LogP contribution < -0.4 is 5.32 Å². The van der Waals surface area contributed by atoms with Gasteiger partial charge in [-0.1, -0.05) is 75.6 Å². The number of benzene rings is 3. The van der Waals surface area contributed by atoms with Crippen LogP contribution in [0.15, 0.2) is 72.8 Å². The largest absolute Gasteiger partial charge is 0.508 e. The monoisotopic (exact) mass is 751 g/mol. The number of aliphatic carboxylic acids is 1. The number of likely N-dealkylation sites (tertiary alicyclic amines) is 1. The molecule has 2 amide bonds. The number of phenolic OH excluding ortho intramolecular Hbond substituents is 1. The minimum absolute atomic E-state index is 0.132. The summed E-state index contributed by atoms with van der Waals surface area (Å²) < 4.78 is 31.7. The average Bonchev–Trinajstić information content (AvgIpc) is 3.16. The van der Waals surface area contributed by atoms with Crippen LogP contribution in [0.1, 0.15) is 93.1 Å². The maximum Gasteiger partial charge on any atom is 0.490 e. The molecular weight excluding hydrogens is 695 g/mol. The third-order valence-electron chi connectivity index (χ3n) is 10.5. The number of aromatic hydroxyl groups is 1. The Hall–Kier alpha value is -4.38. The normalized spacial score (nSPS) is 15.4. The van der Waals surface area contributed by atoms with Crippen molar-refractivity contribution in [3.8, 4) is 16.9 Å². The molecule has 0 saturated carbocycles. The van der Waals surface area contributed by atoms with E-state index in [2.05, 4.69) is 43.4 Å². The highest BCUT2D eigenvalue weighted by Gasteiger charge is 2.38. The number of nitrogens with one attached hydrogen (secondary N) is 1. The van der Waals surface area contributed by atoms with Crippen LogP contribution in [0, 0.1) is 17.8 Å². The molecule has 2 saturated heterocycles. The number of halogens is 3. The van der Waals surface area contributed by atoms with Crippen molar-refractivity contribution in [2.45, 2.75) is 90.8 Å². The number of carboxylic acid groups (broad SMARTS) is 1. The van der Waals surface area contributed by atoms with Gasteiger partial charge in [0.05, 0.1) is 0 Å². The van der Waals surface area contributed by atoms with Crippen molar-refractivity contribution in [1.82, 2.24) is 15.1 Å². The molecule has 11 heteroatoms. The molecular formula is C43H56F3N3O5. The number of alkyl halides is 3. The Labute approximate surface area is 317 Å². The van der Waals surface area contributed by atoms with E-state index in [4.69, 9.17) is 9.90 Å². The van der Waals surface area contributed by atoms with Crippen LogP contribution >= 0.6 is 0 Å². The second-order valence-corrected chi connectivity index (χ2v) is 15.1. The van der Waals surface area contributed by atoms with Crippen molar-refractivity contribution >= 4 is 17.8 Å². The quantitative estimate of drug-likeness (QED) is 0.152. The fourth-order valence-corrected chi connectivity index (χ4v) is 7.16. The first-order chi connectivity index (χ1) is 25.8. The highest BCUT2D eigenvalue weighted by Crippen LogP contribution is 2.28. The van der Waals surface area contributed by atoms with Crippen LogP contribution in [0.4, 0.5) is 13.2 Å². The van der Waals surface area contributed by atoms with E-state index < -0.39 is 12.1 Å². The van der Waals surface area contributed by atoms with E-state index in [0.717, 1.165) is 78.4 Å². The standard InChI is InChI=1S/C41H55N3O3.C2HF3O2/c1-31(2)12-17-40(46)44(27-22-34-13-15-39(45)16-14-34)30-35-8-4-9-36(28-35)37-10-5-11-38(29-37)41(47)43-25-20-33(21-26-43)7-3-6-32-18-23-42-24-19-32;3-2(4,5)1(6)7/h4-5,8-11,13-16,28-29,31-33,42,45H,3,6-7,12,17-27,30H2,1-2H3;(H,6,7). The lowest BCUT2D eigenvalue weighted by Gasteiger charge is -2.32. The molecule has 0 aromatic heterocycles. The zero-order valence-corrected chi connectivity index (χ0v) is 31.6. The number of amides is 2. The molecule has 0 spiro atoms. The molecule has 0 aliphatic carbocycles. The molecule has 2 aliphatic rings. The highest BCUT2D eigenvalue weighted by atomic mass is 19.4. The first-order valence-electron chi connectivity index (χ1n) is 19.3. The summed E-state index contributed by atoms with van der Waals surface area (Å²) in [5, 5.41) is 20.3. The predicted molar refractivity (Wildman–Crippen MR) is 205 cm³/mol. The maximum atomic E-state index is 13.6. The number of hydrogen-bond donors (Lipinski definition) is 3. The summed E-state index contributed by atoms with van der Waals surface area (Å²) in [5.74, 6) is -0.0942. The summed E-state index contributed by atoms with van der Waals surface area (Å²) in [6.07, 6.45) is 5.91. The summed E-state index contributed by atoms with van der Waals surface area (Å²) in [4.78, 5) is 39.8. The van der Waals surface area contributed by atoms with Gasteiger partial charge in [0.2, 0.25) is 5.91 Å². The van der Waals surface area contributed by atoms with Crippen molar-refractivity contribution in [1.29, 1.82) is 0 Å². The molecule has 3 aromatic carbocycles. The highest BCUT2D eigenvalue weighted by molar-refractivity contribution is 5.95. The molecule has 2 heterocycles. The minimum Gasteiger partial charge on any atom is -0.508 e. The fraction of sp³-hybridized carbons (Fsp3) is 0.512. The van der Waals surface area contributed by atoms with Crippen LogP contribution in [0.25, 0.3) is 11.1 Å². The Morgan fingerprint density at radius 2 is 1.44 bits per heavy atom. The van der Waals surface area contributed by atoms with Gasteiger partial charge in [-0.05, 0) is 122 Å². The maximum absolute atomic E-state index is 13.6. The topological polar surface area (TPSA) is 110 Å². The minimum atomic E-state index is -5.08. The van der Waals surface area contributed by atoms with Crippen LogP contribution in [-0.2, 0) is 22.6 Å². The molecule has 54 heavy (non-hydrogen) atoms. The Bertz CT molecular complexity index is 1630. The van der Waals surface area contributed by atoms with Crippen LogP contribution in [-0.4, -0.2) is 76.7 Å². The first kappa shape index (κ1) is 42.4. The fourth-order valence-electron chi connectivity index (χ4n) is 7.16. The summed E-state index contributed by atoms with van der Waals surface area (Å²) in [6, 6.07) is 23.6. The number of hydrogen-bond acceptors (Lipinski definition) is 5. The lowest BCUT2D eigenvalue weighted by atomic mass is 9.87. The van der Waals surface area contributed by atoms with Gasteiger partial charge in [0.25, 0.3) is 5.91 Å². The van der Waals surface area contributed by atoms with E-state index >= 15 is 0 Å².